The molecule has 1 heterocycles. The fourth-order valence-corrected chi connectivity index (χ4v) is 2.82. The van der Waals surface area contributed by atoms with Crippen molar-refractivity contribution in [2.45, 2.75) is 26.4 Å². The zero-order valence-corrected chi connectivity index (χ0v) is 12.5. The Morgan fingerprint density at radius 1 is 1.50 bits per heavy atom. The van der Waals surface area contributed by atoms with Crippen molar-refractivity contribution < 1.29 is 4.39 Å². The lowest BCUT2D eigenvalue weighted by Gasteiger charge is -2.38. The number of piperazine rings is 1. The second kappa shape index (κ2) is 6.13. The molecule has 1 saturated heterocycles. The number of halogens is 2. The Bertz CT molecular complexity index is 409. The molecular formula is C14H20BrFN2. The number of hydrogen-bond acceptors (Lipinski definition) is 2. The molecule has 1 aliphatic heterocycles. The summed E-state index contributed by atoms with van der Waals surface area (Å²) in [5.74, 6) is 0.460. The minimum absolute atomic E-state index is 0.120. The van der Waals surface area contributed by atoms with Crippen LogP contribution in [0, 0.1) is 11.7 Å². The highest BCUT2D eigenvalue weighted by Crippen LogP contribution is 2.20. The summed E-state index contributed by atoms with van der Waals surface area (Å²) < 4.78 is 14.7. The zero-order chi connectivity index (χ0) is 13.1. The fraction of sp³-hybridized carbons (Fsp3) is 0.571. The predicted octanol–water partition coefficient (Wildman–Crippen LogP) is 3.02. The summed E-state index contributed by atoms with van der Waals surface area (Å²) in [4.78, 5) is 2.38. The first-order valence-corrected chi connectivity index (χ1v) is 7.26. The van der Waals surface area contributed by atoms with E-state index in [0.717, 1.165) is 29.7 Å². The Morgan fingerprint density at radius 2 is 2.28 bits per heavy atom. The van der Waals surface area contributed by atoms with Gasteiger partial charge in [0.25, 0.3) is 0 Å². The molecule has 1 unspecified atom stereocenters. The average Bonchev–Trinajstić information content (AvgIpc) is 2.33. The van der Waals surface area contributed by atoms with Gasteiger partial charge in [-0.25, -0.2) is 4.39 Å². The van der Waals surface area contributed by atoms with Crippen LogP contribution in [0.2, 0.25) is 0 Å². The van der Waals surface area contributed by atoms with Crippen molar-refractivity contribution in [1.82, 2.24) is 10.2 Å². The van der Waals surface area contributed by atoms with Gasteiger partial charge in [-0.2, -0.15) is 0 Å². The van der Waals surface area contributed by atoms with Crippen molar-refractivity contribution >= 4 is 15.9 Å². The largest absolute Gasteiger partial charge is 0.314 e. The van der Waals surface area contributed by atoms with E-state index in [-0.39, 0.29) is 5.82 Å². The molecule has 1 atom stereocenters. The summed E-state index contributed by atoms with van der Waals surface area (Å²) in [7, 11) is 0. The van der Waals surface area contributed by atoms with Crippen LogP contribution in [-0.2, 0) is 6.54 Å². The molecule has 0 radical (unpaired) electrons. The molecule has 0 aliphatic carbocycles. The van der Waals surface area contributed by atoms with Crippen LogP contribution in [0.4, 0.5) is 4.39 Å². The Balaban J connectivity index is 2.11. The second-order valence-corrected chi connectivity index (χ2v) is 6.14. The quantitative estimate of drug-likeness (QED) is 0.922. The molecule has 1 aromatic rings. The van der Waals surface area contributed by atoms with Crippen molar-refractivity contribution in [3.05, 3.63) is 34.1 Å². The standard InChI is InChI=1S/C14H20BrFN2/c1-10(2)14-8-17-5-6-18(14)9-11-3-4-12(15)7-13(11)16/h3-4,7,10,14,17H,5-6,8-9H2,1-2H3. The molecule has 4 heteroatoms. The van der Waals surface area contributed by atoms with Gasteiger partial charge in [0.2, 0.25) is 0 Å². The summed E-state index contributed by atoms with van der Waals surface area (Å²) >= 11 is 3.29. The predicted molar refractivity (Wildman–Crippen MR) is 76.0 cm³/mol. The molecule has 0 aromatic heterocycles. The van der Waals surface area contributed by atoms with Gasteiger partial charge in [-0.15, -0.1) is 0 Å². The molecule has 1 aliphatic rings. The third-order valence-electron chi connectivity index (χ3n) is 3.56. The highest BCUT2D eigenvalue weighted by atomic mass is 79.9. The van der Waals surface area contributed by atoms with Crippen LogP contribution < -0.4 is 5.32 Å². The fourth-order valence-electron chi connectivity index (χ4n) is 2.49. The Hall–Kier alpha value is -0.450. The van der Waals surface area contributed by atoms with Gasteiger partial charge in [-0.05, 0) is 18.1 Å². The second-order valence-electron chi connectivity index (χ2n) is 5.22. The Kier molecular flexibility index (Phi) is 4.76. The lowest BCUT2D eigenvalue weighted by Crippen LogP contribution is -2.53. The average molecular weight is 315 g/mol. The van der Waals surface area contributed by atoms with E-state index < -0.39 is 0 Å². The maximum atomic E-state index is 13.9. The lowest BCUT2D eigenvalue weighted by atomic mass is 9.99. The van der Waals surface area contributed by atoms with Crippen molar-refractivity contribution in [3.63, 3.8) is 0 Å². The van der Waals surface area contributed by atoms with E-state index in [1.165, 1.54) is 0 Å². The first-order chi connectivity index (χ1) is 8.58. The lowest BCUT2D eigenvalue weighted by molar-refractivity contribution is 0.116. The molecule has 2 rings (SSSR count). The highest BCUT2D eigenvalue weighted by Gasteiger charge is 2.25. The first kappa shape index (κ1) is 14.0. The zero-order valence-electron chi connectivity index (χ0n) is 10.9. The molecule has 18 heavy (non-hydrogen) atoms. The van der Waals surface area contributed by atoms with E-state index >= 15 is 0 Å². The summed E-state index contributed by atoms with van der Waals surface area (Å²) in [6.07, 6.45) is 0. The minimum Gasteiger partial charge on any atom is -0.314 e. The van der Waals surface area contributed by atoms with Crippen LogP contribution in [-0.4, -0.2) is 30.6 Å². The molecule has 1 N–H and O–H groups in total. The maximum Gasteiger partial charge on any atom is 0.128 e. The SMILES string of the molecule is CC(C)C1CNCCN1Cc1ccc(Br)cc1F. The molecule has 0 bridgehead atoms. The summed E-state index contributed by atoms with van der Waals surface area (Å²) in [6, 6.07) is 5.81. The normalized spacial score (nSPS) is 21.5. The monoisotopic (exact) mass is 314 g/mol. The molecule has 0 spiro atoms. The van der Waals surface area contributed by atoms with E-state index in [9.17, 15) is 4.39 Å². The van der Waals surface area contributed by atoms with Crippen molar-refractivity contribution in [2.24, 2.45) is 5.92 Å². The number of nitrogens with one attached hydrogen (secondary N) is 1. The first-order valence-electron chi connectivity index (χ1n) is 6.46. The number of benzene rings is 1. The van der Waals surface area contributed by atoms with Gasteiger partial charge in [0.15, 0.2) is 0 Å². The van der Waals surface area contributed by atoms with Gasteiger partial charge in [-0.1, -0.05) is 35.8 Å². The van der Waals surface area contributed by atoms with Crippen molar-refractivity contribution in [2.75, 3.05) is 19.6 Å². The maximum absolute atomic E-state index is 13.9. The van der Waals surface area contributed by atoms with Crippen molar-refractivity contribution in [1.29, 1.82) is 0 Å². The van der Waals surface area contributed by atoms with E-state index in [1.54, 1.807) is 6.07 Å². The van der Waals surface area contributed by atoms with Crippen LogP contribution >= 0.6 is 15.9 Å². The smallest absolute Gasteiger partial charge is 0.128 e. The Labute approximate surface area is 117 Å². The molecule has 100 valence electrons. The van der Waals surface area contributed by atoms with Gasteiger partial charge >= 0.3 is 0 Å². The van der Waals surface area contributed by atoms with E-state index in [2.05, 4.69) is 40.0 Å². The molecule has 1 aromatic carbocycles. The van der Waals surface area contributed by atoms with E-state index in [4.69, 9.17) is 0 Å². The van der Waals surface area contributed by atoms with Gasteiger partial charge in [0, 0.05) is 42.3 Å². The molecule has 0 saturated carbocycles. The third kappa shape index (κ3) is 3.31. The van der Waals surface area contributed by atoms with Crippen LogP contribution in [0.25, 0.3) is 0 Å². The molecule has 0 amide bonds. The van der Waals surface area contributed by atoms with Crippen molar-refractivity contribution in [3.8, 4) is 0 Å². The van der Waals surface area contributed by atoms with Crippen LogP contribution in [0.3, 0.4) is 0 Å². The van der Waals surface area contributed by atoms with E-state index in [1.807, 2.05) is 12.1 Å². The third-order valence-corrected chi connectivity index (χ3v) is 4.05. The molecule has 2 nitrogen and oxygen atoms in total. The van der Waals surface area contributed by atoms with E-state index in [0.29, 0.717) is 18.5 Å². The number of hydrogen-bond donors (Lipinski definition) is 1. The molecular weight excluding hydrogens is 295 g/mol. The van der Waals surface area contributed by atoms with Crippen LogP contribution in [0.15, 0.2) is 22.7 Å². The van der Waals surface area contributed by atoms with Gasteiger partial charge < -0.3 is 5.32 Å². The van der Waals surface area contributed by atoms with Crippen LogP contribution in [0.1, 0.15) is 19.4 Å². The van der Waals surface area contributed by atoms with Gasteiger partial charge in [0.1, 0.15) is 5.82 Å². The van der Waals surface area contributed by atoms with Crippen LogP contribution in [0.5, 0.6) is 0 Å². The Morgan fingerprint density at radius 3 is 2.94 bits per heavy atom. The number of nitrogens with zero attached hydrogens (tertiary/aromatic N) is 1. The molecule has 1 fully saturated rings. The highest BCUT2D eigenvalue weighted by molar-refractivity contribution is 9.10. The summed E-state index contributed by atoms with van der Waals surface area (Å²) in [5.41, 5.74) is 0.783. The van der Waals surface area contributed by atoms with Gasteiger partial charge in [-0.3, -0.25) is 4.90 Å². The minimum atomic E-state index is -0.120. The topological polar surface area (TPSA) is 15.3 Å². The summed E-state index contributed by atoms with van der Waals surface area (Å²) in [5, 5.41) is 3.41. The summed E-state index contributed by atoms with van der Waals surface area (Å²) in [6.45, 7) is 8.12. The van der Waals surface area contributed by atoms with Gasteiger partial charge in [0.05, 0.1) is 0 Å². The number of rotatable bonds is 3.